The van der Waals surface area contributed by atoms with Gasteiger partial charge >= 0.3 is 0 Å². The van der Waals surface area contributed by atoms with Crippen LogP contribution in [0.2, 0.25) is 0 Å². The molecule has 0 saturated heterocycles. The molecule has 0 spiro atoms. The van der Waals surface area contributed by atoms with E-state index in [9.17, 15) is 0 Å². The molecule has 20 heavy (non-hydrogen) atoms. The highest BCUT2D eigenvalue weighted by Gasteiger charge is 2.04. The molecule has 1 aromatic carbocycles. The van der Waals surface area contributed by atoms with Crippen LogP contribution in [0.5, 0.6) is 0 Å². The lowest BCUT2D eigenvalue weighted by Crippen LogP contribution is -2.00. The fourth-order valence-corrected chi connectivity index (χ4v) is 2.27. The van der Waals surface area contributed by atoms with Gasteiger partial charge in [0.15, 0.2) is 0 Å². The van der Waals surface area contributed by atoms with Gasteiger partial charge in [-0.15, -0.1) is 0 Å². The van der Waals surface area contributed by atoms with E-state index in [1.165, 1.54) is 0 Å². The Morgan fingerprint density at radius 2 is 2.05 bits per heavy atom. The summed E-state index contributed by atoms with van der Waals surface area (Å²) in [6.45, 7) is 0. The van der Waals surface area contributed by atoms with Gasteiger partial charge in [0.25, 0.3) is 0 Å². The number of anilines is 3. The van der Waals surface area contributed by atoms with Crippen LogP contribution >= 0.6 is 15.9 Å². The first-order valence-corrected chi connectivity index (χ1v) is 6.87. The third kappa shape index (κ3) is 2.55. The number of nitrogens with one attached hydrogen (secondary N) is 2. The average Bonchev–Trinajstić information content (AvgIpc) is 2.47. The zero-order valence-corrected chi connectivity index (χ0v) is 12.3. The average molecular weight is 330 g/mol. The van der Waals surface area contributed by atoms with Crippen LogP contribution in [-0.2, 0) is 0 Å². The van der Waals surface area contributed by atoms with E-state index in [0.717, 1.165) is 26.9 Å². The Morgan fingerprint density at radius 3 is 2.90 bits per heavy atom. The Labute approximate surface area is 124 Å². The third-order valence-electron chi connectivity index (χ3n) is 2.82. The minimum Gasteiger partial charge on any atom is -0.357 e. The van der Waals surface area contributed by atoms with Crippen molar-refractivity contribution in [1.29, 1.82) is 0 Å². The normalized spacial score (nSPS) is 10.5. The Kier molecular flexibility index (Phi) is 3.47. The zero-order chi connectivity index (χ0) is 13.9. The summed E-state index contributed by atoms with van der Waals surface area (Å²) in [4.78, 5) is 12.9. The number of hydrogen-bond donors (Lipinski definition) is 2. The quantitative estimate of drug-likeness (QED) is 0.769. The number of rotatable bonds is 3. The molecule has 0 aliphatic heterocycles. The summed E-state index contributed by atoms with van der Waals surface area (Å²) in [6, 6.07) is 9.84. The molecule has 0 radical (unpaired) electrons. The van der Waals surface area contributed by atoms with E-state index >= 15 is 0 Å². The van der Waals surface area contributed by atoms with E-state index in [4.69, 9.17) is 0 Å². The van der Waals surface area contributed by atoms with E-state index in [-0.39, 0.29) is 0 Å². The Morgan fingerprint density at radius 1 is 1.15 bits per heavy atom. The predicted molar refractivity (Wildman–Crippen MR) is 84.3 cm³/mol. The highest BCUT2D eigenvalue weighted by Crippen LogP contribution is 2.26. The van der Waals surface area contributed by atoms with Crippen LogP contribution in [0.15, 0.2) is 47.2 Å². The number of benzene rings is 1. The van der Waals surface area contributed by atoms with Gasteiger partial charge in [0, 0.05) is 29.3 Å². The summed E-state index contributed by atoms with van der Waals surface area (Å²) in [7, 11) is 1.79. The first-order valence-electron chi connectivity index (χ1n) is 6.08. The molecule has 0 fully saturated rings. The summed E-state index contributed by atoms with van der Waals surface area (Å²) in [5.74, 6) is 1.30. The van der Waals surface area contributed by atoms with Gasteiger partial charge in [-0.3, -0.25) is 4.98 Å². The molecule has 0 bridgehead atoms. The molecule has 6 heteroatoms. The second-order valence-corrected chi connectivity index (χ2v) is 5.09. The van der Waals surface area contributed by atoms with Crippen molar-refractivity contribution < 1.29 is 0 Å². The van der Waals surface area contributed by atoms with E-state index in [1.807, 2.05) is 30.3 Å². The van der Waals surface area contributed by atoms with Gasteiger partial charge in [0.05, 0.1) is 11.2 Å². The minimum absolute atomic E-state index is 0.575. The van der Waals surface area contributed by atoms with Crippen molar-refractivity contribution in [2.75, 3.05) is 17.7 Å². The topological polar surface area (TPSA) is 62.7 Å². The molecule has 0 unspecified atom stereocenters. The molecule has 2 N–H and O–H groups in total. The maximum Gasteiger partial charge on any atom is 0.224 e. The van der Waals surface area contributed by atoms with E-state index < -0.39 is 0 Å². The standard InChI is InChI=1S/C14H12BrN5/c1-16-14-17-6-5-12(20-14)19-11-4-2-3-9-7-10(15)8-18-13(9)11/h2-8H,1H3,(H2,16,17,19,20). The van der Waals surface area contributed by atoms with Crippen LogP contribution in [0, 0.1) is 0 Å². The maximum atomic E-state index is 4.45. The molecule has 5 nitrogen and oxygen atoms in total. The lowest BCUT2D eigenvalue weighted by molar-refractivity contribution is 1.15. The van der Waals surface area contributed by atoms with Gasteiger partial charge < -0.3 is 10.6 Å². The first kappa shape index (κ1) is 12.8. The molecule has 3 aromatic rings. The maximum absolute atomic E-state index is 4.45. The van der Waals surface area contributed by atoms with Gasteiger partial charge in [-0.2, -0.15) is 4.98 Å². The van der Waals surface area contributed by atoms with Gasteiger partial charge in [-0.25, -0.2) is 4.98 Å². The molecule has 2 aromatic heterocycles. The summed E-state index contributed by atoms with van der Waals surface area (Å²) < 4.78 is 0.960. The van der Waals surface area contributed by atoms with Crippen molar-refractivity contribution >= 4 is 44.3 Å². The van der Waals surface area contributed by atoms with Gasteiger partial charge in [-0.1, -0.05) is 12.1 Å². The van der Waals surface area contributed by atoms with Crippen molar-refractivity contribution in [3.63, 3.8) is 0 Å². The highest BCUT2D eigenvalue weighted by molar-refractivity contribution is 9.10. The monoisotopic (exact) mass is 329 g/mol. The van der Waals surface area contributed by atoms with Crippen LogP contribution in [0.4, 0.5) is 17.5 Å². The molecular formula is C14H12BrN5. The molecule has 0 atom stereocenters. The molecule has 3 rings (SSSR count). The summed E-state index contributed by atoms with van der Waals surface area (Å²) in [6.07, 6.45) is 3.49. The molecule has 0 aliphatic carbocycles. The van der Waals surface area contributed by atoms with Crippen molar-refractivity contribution in [3.8, 4) is 0 Å². The molecular weight excluding hydrogens is 318 g/mol. The smallest absolute Gasteiger partial charge is 0.224 e. The largest absolute Gasteiger partial charge is 0.357 e. The number of aromatic nitrogens is 3. The van der Waals surface area contributed by atoms with Crippen molar-refractivity contribution in [2.45, 2.75) is 0 Å². The number of pyridine rings is 1. The zero-order valence-electron chi connectivity index (χ0n) is 10.8. The fraction of sp³-hybridized carbons (Fsp3) is 0.0714. The van der Waals surface area contributed by atoms with E-state index in [1.54, 1.807) is 19.4 Å². The SMILES string of the molecule is CNc1nccc(Nc2cccc3cc(Br)cnc23)n1. The van der Waals surface area contributed by atoms with Crippen LogP contribution in [0.25, 0.3) is 10.9 Å². The minimum atomic E-state index is 0.575. The van der Waals surface area contributed by atoms with Crippen LogP contribution in [-0.4, -0.2) is 22.0 Å². The lowest BCUT2D eigenvalue weighted by atomic mass is 10.2. The second-order valence-electron chi connectivity index (χ2n) is 4.17. The lowest BCUT2D eigenvalue weighted by Gasteiger charge is -2.09. The number of para-hydroxylation sites is 1. The second kappa shape index (κ2) is 5.42. The predicted octanol–water partition coefficient (Wildman–Crippen LogP) is 3.57. The Hall–Kier alpha value is -2.21. The number of hydrogen-bond acceptors (Lipinski definition) is 5. The van der Waals surface area contributed by atoms with Crippen LogP contribution < -0.4 is 10.6 Å². The molecule has 0 saturated carbocycles. The summed E-state index contributed by atoms with van der Waals surface area (Å²) in [5, 5.41) is 7.25. The fourth-order valence-electron chi connectivity index (χ4n) is 1.92. The number of nitrogens with zero attached hydrogens (tertiary/aromatic N) is 3. The van der Waals surface area contributed by atoms with Crippen molar-refractivity contribution in [1.82, 2.24) is 15.0 Å². The van der Waals surface area contributed by atoms with E-state index in [0.29, 0.717) is 5.95 Å². The van der Waals surface area contributed by atoms with Gasteiger partial charge in [0.2, 0.25) is 5.95 Å². The third-order valence-corrected chi connectivity index (χ3v) is 3.25. The summed E-state index contributed by atoms with van der Waals surface area (Å²) in [5.41, 5.74) is 1.82. The van der Waals surface area contributed by atoms with Gasteiger partial charge in [-0.05, 0) is 34.1 Å². The van der Waals surface area contributed by atoms with Crippen molar-refractivity contribution in [3.05, 3.63) is 47.2 Å². The highest BCUT2D eigenvalue weighted by atomic mass is 79.9. The molecule has 0 amide bonds. The van der Waals surface area contributed by atoms with Gasteiger partial charge in [0.1, 0.15) is 5.82 Å². The van der Waals surface area contributed by atoms with Crippen LogP contribution in [0.3, 0.4) is 0 Å². The Balaban J connectivity index is 2.02. The number of halogens is 1. The summed E-state index contributed by atoms with van der Waals surface area (Å²) >= 11 is 3.43. The molecule has 100 valence electrons. The van der Waals surface area contributed by atoms with Crippen molar-refractivity contribution in [2.24, 2.45) is 0 Å². The Bertz CT molecular complexity index is 759. The first-order chi connectivity index (χ1) is 9.76. The van der Waals surface area contributed by atoms with Crippen LogP contribution in [0.1, 0.15) is 0 Å². The molecule has 0 aliphatic rings. The molecule has 2 heterocycles. The number of fused-ring (bicyclic) bond motifs is 1. The van der Waals surface area contributed by atoms with E-state index in [2.05, 4.69) is 41.5 Å².